The SMILES string of the molecule is O=c1ccccn1-c1cnc(OC2CCN(C3CCCC3)CC2)nc1. The van der Waals surface area contributed by atoms with Crippen molar-refractivity contribution >= 4 is 0 Å². The number of likely N-dealkylation sites (tertiary alicyclic amines) is 1. The molecule has 2 fully saturated rings. The number of nitrogens with zero attached hydrogens (tertiary/aromatic N) is 4. The van der Waals surface area contributed by atoms with E-state index < -0.39 is 0 Å². The molecule has 1 aliphatic carbocycles. The first-order valence-electron chi connectivity index (χ1n) is 9.20. The molecule has 0 radical (unpaired) electrons. The summed E-state index contributed by atoms with van der Waals surface area (Å²) >= 11 is 0. The summed E-state index contributed by atoms with van der Waals surface area (Å²) in [5.74, 6) is 0. The van der Waals surface area contributed by atoms with Gasteiger partial charge in [-0.3, -0.25) is 9.36 Å². The van der Waals surface area contributed by atoms with Gasteiger partial charge in [0.1, 0.15) is 6.10 Å². The van der Waals surface area contributed by atoms with Gasteiger partial charge in [-0.2, -0.15) is 0 Å². The molecule has 0 aromatic carbocycles. The molecule has 2 aromatic rings. The molecule has 0 spiro atoms. The maximum Gasteiger partial charge on any atom is 0.316 e. The molecular formula is C19H24N4O2. The Labute approximate surface area is 147 Å². The van der Waals surface area contributed by atoms with Crippen molar-refractivity contribution in [3.05, 3.63) is 47.1 Å². The van der Waals surface area contributed by atoms with E-state index in [9.17, 15) is 4.79 Å². The van der Waals surface area contributed by atoms with Crippen molar-refractivity contribution in [3.8, 4) is 11.7 Å². The van der Waals surface area contributed by atoms with Gasteiger partial charge in [-0.05, 0) is 31.7 Å². The van der Waals surface area contributed by atoms with Crippen molar-refractivity contribution < 1.29 is 4.74 Å². The molecule has 3 heterocycles. The number of rotatable bonds is 4. The summed E-state index contributed by atoms with van der Waals surface area (Å²) < 4.78 is 7.47. The van der Waals surface area contributed by atoms with Crippen LogP contribution in [0.2, 0.25) is 0 Å². The van der Waals surface area contributed by atoms with Gasteiger partial charge in [0.25, 0.3) is 5.56 Å². The van der Waals surface area contributed by atoms with Crippen molar-refractivity contribution in [2.45, 2.75) is 50.7 Å². The first-order chi connectivity index (χ1) is 12.3. The number of hydrogen-bond acceptors (Lipinski definition) is 5. The first kappa shape index (κ1) is 16.3. The second kappa shape index (κ2) is 7.35. The van der Waals surface area contributed by atoms with Crippen LogP contribution < -0.4 is 10.3 Å². The van der Waals surface area contributed by atoms with Crippen molar-refractivity contribution in [3.63, 3.8) is 0 Å². The van der Waals surface area contributed by atoms with Crippen molar-refractivity contribution in [1.29, 1.82) is 0 Å². The standard InChI is InChI=1S/C19H24N4O2/c24-18-7-3-4-10-23(18)16-13-20-19(21-14-16)25-17-8-11-22(12-9-17)15-5-1-2-6-15/h3-4,7,10,13-15,17H,1-2,5-6,8-9,11-12H2. The fourth-order valence-corrected chi connectivity index (χ4v) is 3.91. The van der Waals surface area contributed by atoms with Crippen LogP contribution in [0.5, 0.6) is 6.01 Å². The zero-order valence-corrected chi connectivity index (χ0v) is 14.4. The largest absolute Gasteiger partial charge is 0.460 e. The number of piperidine rings is 1. The lowest BCUT2D eigenvalue weighted by Crippen LogP contribution is -2.43. The Bertz CT molecular complexity index is 745. The van der Waals surface area contributed by atoms with Crippen molar-refractivity contribution in [2.75, 3.05) is 13.1 Å². The smallest absolute Gasteiger partial charge is 0.316 e. The number of aromatic nitrogens is 3. The Kier molecular flexibility index (Phi) is 4.78. The van der Waals surface area contributed by atoms with Crippen LogP contribution >= 0.6 is 0 Å². The lowest BCUT2D eigenvalue weighted by Gasteiger charge is -2.35. The lowest BCUT2D eigenvalue weighted by atomic mass is 10.0. The van der Waals surface area contributed by atoms with Gasteiger partial charge in [0.05, 0.1) is 18.1 Å². The molecule has 0 atom stereocenters. The van der Waals surface area contributed by atoms with Gasteiger partial charge in [-0.25, -0.2) is 9.97 Å². The van der Waals surface area contributed by atoms with Crippen LogP contribution in [-0.2, 0) is 0 Å². The highest BCUT2D eigenvalue weighted by molar-refractivity contribution is 5.26. The molecule has 0 N–H and O–H groups in total. The molecule has 2 aromatic heterocycles. The third-order valence-electron chi connectivity index (χ3n) is 5.30. The Hall–Kier alpha value is -2.21. The van der Waals surface area contributed by atoms with Gasteiger partial charge in [-0.15, -0.1) is 0 Å². The minimum atomic E-state index is -0.0981. The summed E-state index contributed by atoms with van der Waals surface area (Å²) in [4.78, 5) is 23.0. The first-order valence-corrected chi connectivity index (χ1v) is 9.20. The van der Waals surface area contributed by atoms with Crippen LogP contribution in [0.15, 0.2) is 41.6 Å². The van der Waals surface area contributed by atoms with Gasteiger partial charge >= 0.3 is 6.01 Å². The second-order valence-corrected chi connectivity index (χ2v) is 6.92. The van der Waals surface area contributed by atoms with Gasteiger partial charge in [0, 0.05) is 31.4 Å². The summed E-state index contributed by atoms with van der Waals surface area (Å²) in [7, 11) is 0. The number of ether oxygens (including phenoxy) is 1. The average molecular weight is 340 g/mol. The number of pyridine rings is 1. The Balaban J connectivity index is 1.34. The maximum absolute atomic E-state index is 11.8. The van der Waals surface area contributed by atoms with Crippen LogP contribution in [0, 0.1) is 0 Å². The monoisotopic (exact) mass is 340 g/mol. The highest BCUT2D eigenvalue weighted by Crippen LogP contribution is 2.27. The van der Waals surface area contributed by atoms with Crippen LogP contribution in [0.3, 0.4) is 0 Å². The molecule has 0 bridgehead atoms. The predicted molar refractivity (Wildman–Crippen MR) is 95.1 cm³/mol. The Morgan fingerprint density at radius 2 is 1.72 bits per heavy atom. The Morgan fingerprint density at radius 1 is 1.00 bits per heavy atom. The molecule has 2 aliphatic rings. The quantitative estimate of drug-likeness (QED) is 0.855. The normalized spacial score (nSPS) is 20.0. The zero-order valence-electron chi connectivity index (χ0n) is 14.4. The van der Waals surface area contributed by atoms with E-state index >= 15 is 0 Å². The molecule has 4 rings (SSSR count). The minimum absolute atomic E-state index is 0.0981. The summed E-state index contributed by atoms with van der Waals surface area (Å²) in [6, 6.07) is 6.23. The van der Waals surface area contributed by atoms with E-state index in [0.717, 1.165) is 32.0 Å². The van der Waals surface area contributed by atoms with Gasteiger partial charge < -0.3 is 9.64 Å². The topological polar surface area (TPSA) is 60.3 Å². The van der Waals surface area contributed by atoms with E-state index in [1.165, 1.54) is 36.3 Å². The molecule has 0 amide bonds. The molecule has 0 unspecified atom stereocenters. The second-order valence-electron chi connectivity index (χ2n) is 6.92. The molecule has 1 saturated carbocycles. The molecule has 6 heteroatoms. The van der Waals surface area contributed by atoms with E-state index in [1.807, 2.05) is 6.07 Å². The summed E-state index contributed by atoms with van der Waals surface area (Å²) in [5, 5.41) is 0. The van der Waals surface area contributed by atoms with E-state index in [-0.39, 0.29) is 11.7 Å². The molecule has 132 valence electrons. The minimum Gasteiger partial charge on any atom is -0.460 e. The van der Waals surface area contributed by atoms with E-state index in [2.05, 4.69) is 14.9 Å². The molecule has 25 heavy (non-hydrogen) atoms. The Morgan fingerprint density at radius 3 is 2.40 bits per heavy atom. The highest BCUT2D eigenvalue weighted by atomic mass is 16.5. The summed E-state index contributed by atoms with van der Waals surface area (Å²) in [6.45, 7) is 2.21. The van der Waals surface area contributed by atoms with E-state index in [4.69, 9.17) is 4.74 Å². The fraction of sp³-hybridized carbons (Fsp3) is 0.526. The van der Waals surface area contributed by atoms with Crippen molar-refractivity contribution in [2.24, 2.45) is 0 Å². The third-order valence-corrected chi connectivity index (χ3v) is 5.30. The van der Waals surface area contributed by atoms with Crippen LogP contribution in [-0.4, -0.2) is 44.7 Å². The lowest BCUT2D eigenvalue weighted by molar-refractivity contribution is 0.0709. The average Bonchev–Trinajstić information content (AvgIpc) is 3.18. The third kappa shape index (κ3) is 3.74. The summed E-state index contributed by atoms with van der Waals surface area (Å²) in [6.07, 6.45) is 12.7. The number of hydrogen-bond donors (Lipinski definition) is 0. The van der Waals surface area contributed by atoms with E-state index in [1.54, 1.807) is 24.7 Å². The van der Waals surface area contributed by atoms with Crippen LogP contribution in [0.25, 0.3) is 5.69 Å². The fourth-order valence-electron chi connectivity index (χ4n) is 3.91. The van der Waals surface area contributed by atoms with Gasteiger partial charge in [0.2, 0.25) is 0 Å². The van der Waals surface area contributed by atoms with Gasteiger partial charge in [-0.1, -0.05) is 18.9 Å². The summed E-state index contributed by atoms with van der Waals surface area (Å²) in [5.41, 5.74) is 0.549. The van der Waals surface area contributed by atoms with Crippen molar-refractivity contribution in [1.82, 2.24) is 19.4 Å². The molecule has 1 saturated heterocycles. The zero-order chi connectivity index (χ0) is 17.1. The van der Waals surface area contributed by atoms with E-state index in [0.29, 0.717) is 11.7 Å². The molecule has 1 aliphatic heterocycles. The predicted octanol–water partition coefficient (Wildman–Crippen LogP) is 2.41. The van der Waals surface area contributed by atoms with Crippen LogP contribution in [0.4, 0.5) is 0 Å². The maximum atomic E-state index is 11.8. The molecular weight excluding hydrogens is 316 g/mol. The van der Waals surface area contributed by atoms with Crippen LogP contribution in [0.1, 0.15) is 38.5 Å². The van der Waals surface area contributed by atoms with Gasteiger partial charge in [0.15, 0.2) is 0 Å². The molecule has 6 nitrogen and oxygen atoms in total. The highest BCUT2D eigenvalue weighted by Gasteiger charge is 2.28.